The molecule has 1 atom stereocenters. The number of carbonyl (C=O) groups excluding carboxylic acids is 1. The van der Waals surface area contributed by atoms with Crippen LogP contribution in [-0.2, 0) is 0 Å². The molecular formula is C12H15BrN2OS. The fourth-order valence-corrected chi connectivity index (χ4v) is 2.39. The summed E-state index contributed by atoms with van der Waals surface area (Å²) in [6, 6.07) is 5.53. The van der Waals surface area contributed by atoms with Gasteiger partial charge < -0.3 is 11.1 Å². The van der Waals surface area contributed by atoms with Gasteiger partial charge in [0, 0.05) is 22.5 Å². The minimum Gasteiger partial charge on any atom is -0.393 e. The number of hydrogen-bond donors (Lipinski definition) is 2. The smallest absolute Gasteiger partial charge is 0.251 e. The van der Waals surface area contributed by atoms with Gasteiger partial charge in [-0.1, -0.05) is 28.1 Å². The second kappa shape index (κ2) is 6.12. The first-order valence-corrected chi connectivity index (χ1v) is 6.45. The molecule has 0 aromatic heterocycles. The van der Waals surface area contributed by atoms with Crippen molar-refractivity contribution in [1.82, 2.24) is 5.32 Å². The third-order valence-corrected chi connectivity index (χ3v) is 2.81. The molecule has 5 heteroatoms. The van der Waals surface area contributed by atoms with Crippen molar-refractivity contribution in [2.75, 3.05) is 0 Å². The van der Waals surface area contributed by atoms with Gasteiger partial charge >= 0.3 is 0 Å². The van der Waals surface area contributed by atoms with Gasteiger partial charge in [0.2, 0.25) is 0 Å². The maximum Gasteiger partial charge on any atom is 0.251 e. The van der Waals surface area contributed by atoms with Crippen molar-refractivity contribution in [2.24, 2.45) is 5.73 Å². The summed E-state index contributed by atoms with van der Waals surface area (Å²) in [5.41, 5.74) is 7.09. The topological polar surface area (TPSA) is 55.1 Å². The van der Waals surface area contributed by atoms with Crippen molar-refractivity contribution in [1.29, 1.82) is 0 Å². The average Bonchev–Trinajstić information content (AvgIpc) is 2.14. The van der Waals surface area contributed by atoms with E-state index in [0.717, 1.165) is 10.0 Å². The van der Waals surface area contributed by atoms with Crippen LogP contribution in [0.3, 0.4) is 0 Å². The molecule has 0 saturated heterocycles. The Morgan fingerprint density at radius 3 is 2.71 bits per heavy atom. The third kappa shape index (κ3) is 4.83. The minimum absolute atomic E-state index is 0.0562. The van der Waals surface area contributed by atoms with Crippen LogP contribution in [0, 0.1) is 6.92 Å². The molecule has 3 N–H and O–H groups in total. The van der Waals surface area contributed by atoms with E-state index in [1.165, 1.54) is 0 Å². The van der Waals surface area contributed by atoms with Crippen molar-refractivity contribution in [3.05, 3.63) is 33.8 Å². The molecule has 0 bridgehead atoms. The zero-order chi connectivity index (χ0) is 13.0. The lowest BCUT2D eigenvalue weighted by Crippen LogP contribution is -2.35. The highest BCUT2D eigenvalue weighted by molar-refractivity contribution is 9.10. The molecule has 0 aliphatic heterocycles. The van der Waals surface area contributed by atoms with Crippen LogP contribution in [-0.4, -0.2) is 16.9 Å². The van der Waals surface area contributed by atoms with E-state index in [-0.39, 0.29) is 11.9 Å². The molecule has 0 aliphatic carbocycles. The molecule has 1 unspecified atom stereocenters. The van der Waals surface area contributed by atoms with E-state index in [1.54, 1.807) is 6.07 Å². The van der Waals surface area contributed by atoms with Gasteiger partial charge in [0.1, 0.15) is 0 Å². The second-order valence-corrected chi connectivity index (χ2v) is 5.50. The molecule has 1 rings (SSSR count). The molecule has 17 heavy (non-hydrogen) atoms. The van der Waals surface area contributed by atoms with Gasteiger partial charge in [-0.3, -0.25) is 4.79 Å². The monoisotopic (exact) mass is 314 g/mol. The number of nitrogens with one attached hydrogen (secondary N) is 1. The fourth-order valence-electron chi connectivity index (χ4n) is 1.53. The second-order valence-electron chi connectivity index (χ2n) is 4.06. The van der Waals surface area contributed by atoms with E-state index in [2.05, 4.69) is 21.2 Å². The Labute approximate surface area is 115 Å². The van der Waals surface area contributed by atoms with Crippen molar-refractivity contribution >= 4 is 39.0 Å². The predicted octanol–water partition coefficient (Wildman–Crippen LogP) is 2.55. The highest BCUT2D eigenvalue weighted by Gasteiger charge is 2.11. The van der Waals surface area contributed by atoms with E-state index in [9.17, 15) is 4.79 Å². The van der Waals surface area contributed by atoms with Crippen LogP contribution >= 0.6 is 28.1 Å². The van der Waals surface area contributed by atoms with Crippen molar-refractivity contribution in [3.63, 3.8) is 0 Å². The standard InChI is InChI=1S/C12H15BrN2OS/c1-7-3-9(6-10(13)4-7)12(16)15-8(2)5-11(14)17/h3-4,6,8H,5H2,1-2H3,(H2,14,17)(H,15,16). The van der Waals surface area contributed by atoms with Crippen LogP contribution in [0.5, 0.6) is 0 Å². The minimum atomic E-state index is -0.113. The Kier molecular flexibility index (Phi) is 5.08. The molecule has 1 aromatic rings. The summed E-state index contributed by atoms with van der Waals surface area (Å²) in [5.74, 6) is -0.113. The summed E-state index contributed by atoms with van der Waals surface area (Å²) in [6.07, 6.45) is 0.508. The number of aryl methyl sites for hydroxylation is 1. The van der Waals surface area contributed by atoms with E-state index >= 15 is 0 Å². The lowest BCUT2D eigenvalue weighted by atomic mass is 10.1. The van der Waals surface area contributed by atoms with Gasteiger partial charge in [-0.15, -0.1) is 0 Å². The van der Waals surface area contributed by atoms with Crippen LogP contribution in [0.4, 0.5) is 0 Å². The Hall–Kier alpha value is -0.940. The molecule has 0 radical (unpaired) electrons. The van der Waals surface area contributed by atoms with Gasteiger partial charge in [0.05, 0.1) is 4.99 Å². The van der Waals surface area contributed by atoms with E-state index < -0.39 is 0 Å². The molecule has 0 aliphatic rings. The van der Waals surface area contributed by atoms with Crippen molar-refractivity contribution < 1.29 is 4.79 Å². The Morgan fingerprint density at radius 2 is 2.18 bits per heavy atom. The van der Waals surface area contributed by atoms with Gasteiger partial charge in [0.25, 0.3) is 5.91 Å². The summed E-state index contributed by atoms with van der Waals surface area (Å²) in [4.78, 5) is 12.3. The fraction of sp³-hybridized carbons (Fsp3) is 0.333. The molecule has 0 heterocycles. The number of amides is 1. The first-order chi connectivity index (χ1) is 7.88. The Bertz CT molecular complexity index is 428. The number of benzene rings is 1. The SMILES string of the molecule is Cc1cc(Br)cc(C(=O)NC(C)CC(N)=S)c1. The molecule has 1 aromatic carbocycles. The Morgan fingerprint density at radius 1 is 1.53 bits per heavy atom. The molecule has 1 amide bonds. The summed E-state index contributed by atoms with van der Waals surface area (Å²) in [7, 11) is 0. The molecule has 92 valence electrons. The van der Waals surface area contributed by atoms with E-state index in [0.29, 0.717) is 17.0 Å². The van der Waals surface area contributed by atoms with Gasteiger partial charge in [-0.05, 0) is 37.6 Å². The number of nitrogens with two attached hydrogens (primary N) is 1. The summed E-state index contributed by atoms with van der Waals surface area (Å²) < 4.78 is 0.893. The first kappa shape index (κ1) is 14.1. The van der Waals surface area contributed by atoms with E-state index in [1.807, 2.05) is 26.0 Å². The largest absolute Gasteiger partial charge is 0.393 e. The molecular weight excluding hydrogens is 300 g/mol. The van der Waals surface area contributed by atoms with Crippen molar-refractivity contribution in [2.45, 2.75) is 26.3 Å². The van der Waals surface area contributed by atoms with Gasteiger partial charge in [-0.25, -0.2) is 0 Å². The van der Waals surface area contributed by atoms with Gasteiger partial charge in [0.15, 0.2) is 0 Å². The predicted molar refractivity (Wildman–Crippen MR) is 77.2 cm³/mol. The molecule has 3 nitrogen and oxygen atoms in total. The van der Waals surface area contributed by atoms with Crippen LogP contribution in [0.1, 0.15) is 29.3 Å². The van der Waals surface area contributed by atoms with Crippen LogP contribution in [0.2, 0.25) is 0 Å². The summed E-state index contributed by atoms with van der Waals surface area (Å²) in [5, 5.41) is 2.85. The molecule has 0 fully saturated rings. The van der Waals surface area contributed by atoms with Crippen LogP contribution < -0.4 is 11.1 Å². The Balaban J connectivity index is 2.72. The maximum atomic E-state index is 11.9. The van der Waals surface area contributed by atoms with Crippen LogP contribution in [0.25, 0.3) is 0 Å². The zero-order valence-electron chi connectivity index (χ0n) is 9.79. The quantitative estimate of drug-likeness (QED) is 0.840. The summed E-state index contributed by atoms with van der Waals surface area (Å²) in [6.45, 7) is 3.82. The van der Waals surface area contributed by atoms with Gasteiger partial charge in [-0.2, -0.15) is 0 Å². The zero-order valence-corrected chi connectivity index (χ0v) is 12.2. The maximum absolute atomic E-state index is 11.9. The van der Waals surface area contributed by atoms with Crippen LogP contribution in [0.15, 0.2) is 22.7 Å². The van der Waals surface area contributed by atoms with E-state index in [4.69, 9.17) is 18.0 Å². The highest BCUT2D eigenvalue weighted by atomic mass is 79.9. The third-order valence-electron chi connectivity index (χ3n) is 2.19. The molecule has 0 spiro atoms. The lowest BCUT2D eigenvalue weighted by molar-refractivity contribution is 0.0941. The number of halogens is 1. The normalized spacial score (nSPS) is 11.9. The summed E-state index contributed by atoms with van der Waals surface area (Å²) >= 11 is 8.17. The molecule has 0 saturated carbocycles. The number of carbonyl (C=O) groups is 1. The first-order valence-electron chi connectivity index (χ1n) is 5.25. The lowest BCUT2D eigenvalue weighted by Gasteiger charge is -2.13. The number of hydrogen-bond acceptors (Lipinski definition) is 2. The average molecular weight is 315 g/mol. The van der Waals surface area contributed by atoms with Crippen molar-refractivity contribution in [3.8, 4) is 0 Å². The number of rotatable bonds is 4. The highest BCUT2D eigenvalue weighted by Crippen LogP contribution is 2.15. The number of thiocarbonyl (C=S) groups is 1.